The lowest BCUT2D eigenvalue weighted by molar-refractivity contribution is 0.0695. The van der Waals surface area contributed by atoms with Gasteiger partial charge in [-0.1, -0.05) is 54.6 Å². The van der Waals surface area contributed by atoms with Gasteiger partial charge in [0.1, 0.15) is 12.4 Å². The first-order chi connectivity index (χ1) is 14.7. The highest BCUT2D eigenvalue weighted by atomic mass is 16.5. The molecular weight excluding hydrogens is 372 g/mol. The summed E-state index contributed by atoms with van der Waals surface area (Å²) in [6, 6.07) is 22.1. The summed E-state index contributed by atoms with van der Waals surface area (Å²) < 4.78 is 6.26. The van der Waals surface area contributed by atoms with Gasteiger partial charge in [-0.15, -0.1) is 0 Å². The molecule has 0 amide bonds. The Morgan fingerprint density at radius 2 is 1.50 bits per heavy atom. The second-order valence-corrected chi connectivity index (χ2v) is 8.03. The summed E-state index contributed by atoms with van der Waals surface area (Å²) in [5.74, 6) is 0.122. The van der Waals surface area contributed by atoms with E-state index in [1.165, 1.54) is 29.5 Å². The van der Waals surface area contributed by atoms with Gasteiger partial charge in [-0.3, -0.25) is 0 Å². The SMILES string of the molecule is O=C(O)c1ccccc1CCCc1cc2c(cc1OCc1ccccc1)CCCC2. The van der Waals surface area contributed by atoms with E-state index in [1.807, 2.05) is 30.3 Å². The molecule has 3 heteroatoms. The molecule has 3 aromatic carbocycles. The monoisotopic (exact) mass is 400 g/mol. The summed E-state index contributed by atoms with van der Waals surface area (Å²) in [6.45, 7) is 0.564. The van der Waals surface area contributed by atoms with E-state index in [1.54, 1.807) is 12.1 Å². The summed E-state index contributed by atoms with van der Waals surface area (Å²) in [4.78, 5) is 11.5. The Kier molecular flexibility index (Phi) is 6.48. The van der Waals surface area contributed by atoms with E-state index < -0.39 is 5.97 Å². The van der Waals surface area contributed by atoms with Gasteiger partial charge in [-0.05, 0) is 84.9 Å². The van der Waals surface area contributed by atoms with Crippen molar-refractivity contribution in [3.05, 3.63) is 100 Å². The molecule has 0 spiro atoms. The zero-order chi connectivity index (χ0) is 20.8. The average Bonchev–Trinajstić information content (AvgIpc) is 2.78. The van der Waals surface area contributed by atoms with Crippen LogP contribution in [-0.2, 0) is 32.3 Å². The molecule has 4 rings (SSSR count). The highest BCUT2D eigenvalue weighted by Crippen LogP contribution is 2.31. The van der Waals surface area contributed by atoms with Gasteiger partial charge in [0.2, 0.25) is 0 Å². The summed E-state index contributed by atoms with van der Waals surface area (Å²) in [5, 5.41) is 9.42. The van der Waals surface area contributed by atoms with Crippen LogP contribution in [0.3, 0.4) is 0 Å². The molecular formula is C27H28O3. The molecule has 1 N–H and O–H groups in total. The molecule has 0 aromatic heterocycles. The van der Waals surface area contributed by atoms with Gasteiger partial charge in [0.15, 0.2) is 0 Å². The van der Waals surface area contributed by atoms with Crippen molar-refractivity contribution in [3.63, 3.8) is 0 Å². The Balaban J connectivity index is 1.50. The molecule has 154 valence electrons. The molecule has 30 heavy (non-hydrogen) atoms. The van der Waals surface area contributed by atoms with Gasteiger partial charge in [-0.25, -0.2) is 4.79 Å². The number of ether oxygens (including phenoxy) is 1. The number of carboxylic acids is 1. The van der Waals surface area contributed by atoms with Gasteiger partial charge < -0.3 is 9.84 Å². The first-order valence-corrected chi connectivity index (χ1v) is 10.8. The maximum absolute atomic E-state index is 11.5. The third-order valence-electron chi connectivity index (χ3n) is 5.90. The third-order valence-corrected chi connectivity index (χ3v) is 5.90. The smallest absolute Gasteiger partial charge is 0.335 e. The standard InChI is InChI=1S/C27H28O3/c28-27(29)25-16-7-6-11-21(25)14-8-15-24-17-22-12-4-5-13-23(22)18-26(24)30-19-20-9-2-1-3-10-20/h1-3,6-7,9-11,16-18H,4-5,8,12-15,19H2,(H,28,29). The number of rotatable bonds is 8. The van der Waals surface area contributed by atoms with Gasteiger partial charge in [-0.2, -0.15) is 0 Å². The highest BCUT2D eigenvalue weighted by Gasteiger charge is 2.15. The fraction of sp³-hybridized carbons (Fsp3) is 0.296. The number of carbonyl (C=O) groups is 1. The predicted molar refractivity (Wildman–Crippen MR) is 119 cm³/mol. The van der Waals surface area contributed by atoms with E-state index >= 15 is 0 Å². The van der Waals surface area contributed by atoms with Crippen LogP contribution in [0.25, 0.3) is 0 Å². The highest BCUT2D eigenvalue weighted by molar-refractivity contribution is 5.89. The summed E-state index contributed by atoms with van der Waals surface area (Å²) >= 11 is 0. The normalized spacial score (nSPS) is 12.9. The van der Waals surface area contributed by atoms with Crippen molar-refractivity contribution in [1.82, 2.24) is 0 Å². The Morgan fingerprint density at radius 3 is 2.27 bits per heavy atom. The van der Waals surface area contributed by atoms with Crippen molar-refractivity contribution in [2.75, 3.05) is 0 Å². The molecule has 0 atom stereocenters. The fourth-order valence-corrected chi connectivity index (χ4v) is 4.30. The minimum Gasteiger partial charge on any atom is -0.489 e. The van der Waals surface area contributed by atoms with Crippen LogP contribution in [0.4, 0.5) is 0 Å². The number of hydrogen-bond donors (Lipinski definition) is 1. The summed E-state index contributed by atoms with van der Waals surface area (Å²) in [6.07, 6.45) is 7.29. The molecule has 3 aromatic rings. The van der Waals surface area contributed by atoms with Crippen LogP contribution in [0.1, 0.15) is 57.4 Å². The van der Waals surface area contributed by atoms with Crippen LogP contribution in [0.5, 0.6) is 5.75 Å². The number of carboxylic acid groups (broad SMARTS) is 1. The number of aryl methyl sites for hydroxylation is 4. The maximum Gasteiger partial charge on any atom is 0.335 e. The molecule has 1 aliphatic carbocycles. The number of fused-ring (bicyclic) bond motifs is 1. The Bertz CT molecular complexity index is 1010. The Labute approximate surface area is 178 Å². The van der Waals surface area contributed by atoms with Crippen LogP contribution in [0.2, 0.25) is 0 Å². The van der Waals surface area contributed by atoms with Gasteiger partial charge >= 0.3 is 5.97 Å². The van der Waals surface area contributed by atoms with Crippen molar-refractivity contribution in [2.45, 2.75) is 51.6 Å². The van der Waals surface area contributed by atoms with E-state index in [9.17, 15) is 9.90 Å². The summed E-state index contributed by atoms with van der Waals surface area (Å²) in [7, 11) is 0. The van der Waals surface area contributed by atoms with Gasteiger partial charge in [0, 0.05) is 0 Å². The van der Waals surface area contributed by atoms with Gasteiger partial charge in [0.25, 0.3) is 0 Å². The Hall–Kier alpha value is -3.07. The molecule has 0 bridgehead atoms. The maximum atomic E-state index is 11.5. The van der Waals surface area contributed by atoms with Crippen LogP contribution >= 0.6 is 0 Å². The zero-order valence-corrected chi connectivity index (χ0v) is 17.3. The molecule has 0 saturated carbocycles. The fourth-order valence-electron chi connectivity index (χ4n) is 4.30. The molecule has 0 fully saturated rings. The Morgan fingerprint density at radius 1 is 0.833 bits per heavy atom. The molecule has 0 unspecified atom stereocenters. The van der Waals surface area contributed by atoms with Crippen LogP contribution < -0.4 is 4.74 Å². The number of aromatic carboxylic acids is 1. The van der Waals surface area contributed by atoms with Gasteiger partial charge in [0.05, 0.1) is 5.56 Å². The average molecular weight is 401 g/mol. The number of hydrogen-bond acceptors (Lipinski definition) is 2. The lowest BCUT2D eigenvalue weighted by atomic mass is 9.88. The zero-order valence-electron chi connectivity index (χ0n) is 17.3. The second-order valence-electron chi connectivity index (χ2n) is 8.03. The molecule has 0 radical (unpaired) electrons. The lowest BCUT2D eigenvalue weighted by Crippen LogP contribution is -2.07. The molecule has 0 heterocycles. The predicted octanol–water partition coefficient (Wildman–Crippen LogP) is 6.02. The minimum absolute atomic E-state index is 0.406. The van der Waals surface area contributed by atoms with Crippen molar-refractivity contribution < 1.29 is 14.6 Å². The summed E-state index contributed by atoms with van der Waals surface area (Å²) in [5.41, 5.74) is 6.58. The van der Waals surface area contributed by atoms with Crippen molar-refractivity contribution in [2.24, 2.45) is 0 Å². The topological polar surface area (TPSA) is 46.5 Å². The minimum atomic E-state index is -0.855. The van der Waals surface area contributed by atoms with Crippen LogP contribution in [0.15, 0.2) is 66.7 Å². The molecule has 1 aliphatic rings. The first-order valence-electron chi connectivity index (χ1n) is 10.8. The van der Waals surface area contributed by atoms with E-state index in [4.69, 9.17) is 4.74 Å². The molecule has 0 saturated heterocycles. The van der Waals surface area contributed by atoms with E-state index in [0.29, 0.717) is 12.2 Å². The van der Waals surface area contributed by atoms with Crippen LogP contribution in [0, 0.1) is 0 Å². The van der Waals surface area contributed by atoms with E-state index in [2.05, 4.69) is 24.3 Å². The van der Waals surface area contributed by atoms with Crippen LogP contribution in [-0.4, -0.2) is 11.1 Å². The first kappa shape index (κ1) is 20.2. The van der Waals surface area contributed by atoms with E-state index in [0.717, 1.165) is 49.0 Å². The molecule has 3 nitrogen and oxygen atoms in total. The quantitative estimate of drug-likeness (QED) is 0.503. The largest absolute Gasteiger partial charge is 0.489 e. The van der Waals surface area contributed by atoms with Crippen molar-refractivity contribution in [3.8, 4) is 5.75 Å². The second kappa shape index (κ2) is 9.62. The lowest BCUT2D eigenvalue weighted by Gasteiger charge is -2.20. The van der Waals surface area contributed by atoms with E-state index in [-0.39, 0.29) is 0 Å². The van der Waals surface area contributed by atoms with Crippen molar-refractivity contribution in [1.29, 1.82) is 0 Å². The molecule has 0 aliphatic heterocycles. The number of benzene rings is 3. The third kappa shape index (κ3) is 4.91. The van der Waals surface area contributed by atoms with Crippen molar-refractivity contribution >= 4 is 5.97 Å².